The van der Waals surface area contributed by atoms with Crippen molar-refractivity contribution in [3.63, 3.8) is 0 Å². The van der Waals surface area contributed by atoms with Crippen molar-refractivity contribution in [2.45, 2.75) is 19.0 Å². The number of nitriles is 1. The van der Waals surface area contributed by atoms with Crippen molar-refractivity contribution < 1.29 is 9.13 Å². The lowest BCUT2D eigenvalue weighted by Crippen LogP contribution is -2.26. The summed E-state index contributed by atoms with van der Waals surface area (Å²) in [6.45, 7) is 2.65. The molecular weight excluding hydrogens is 429 g/mol. The van der Waals surface area contributed by atoms with Gasteiger partial charge in [-0.05, 0) is 54.4 Å². The largest absolute Gasteiger partial charge is 0.497 e. The summed E-state index contributed by atoms with van der Waals surface area (Å²) >= 11 is 0. The minimum Gasteiger partial charge on any atom is -0.497 e. The Morgan fingerprint density at radius 3 is 2.59 bits per heavy atom. The molecule has 0 radical (unpaired) electrons. The maximum Gasteiger partial charge on any atom is 0.141 e. The predicted molar refractivity (Wildman–Crippen MR) is 131 cm³/mol. The third-order valence-corrected chi connectivity index (χ3v) is 6.64. The molecule has 0 bridgehead atoms. The first-order chi connectivity index (χ1) is 16.5. The van der Waals surface area contributed by atoms with Crippen LogP contribution >= 0.6 is 0 Å². The van der Waals surface area contributed by atoms with E-state index < -0.39 is 5.82 Å². The van der Waals surface area contributed by atoms with Gasteiger partial charge in [0.15, 0.2) is 0 Å². The van der Waals surface area contributed by atoms with Crippen LogP contribution in [0.15, 0.2) is 54.7 Å². The molecule has 0 spiro atoms. The van der Waals surface area contributed by atoms with E-state index in [1.807, 2.05) is 43.6 Å². The summed E-state index contributed by atoms with van der Waals surface area (Å²) in [5.74, 6) is 0.210. The van der Waals surface area contributed by atoms with Gasteiger partial charge in [0.2, 0.25) is 0 Å². The molecule has 5 rings (SSSR count). The zero-order valence-corrected chi connectivity index (χ0v) is 19.3. The number of benzene rings is 2. The number of ether oxygens (including phenoxy) is 1. The Hall–Kier alpha value is -3.73. The average Bonchev–Trinajstić information content (AvgIpc) is 3.41. The molecule has 0 saturated carbocycles. The quantitative estimate of drug-likeness (QED) is 0.481. The molecule has 3 heterocycles. The molecule has 0 aliphatic carbocycles. The molecule has 172 valence electrons. The number of aromatic nitrogens is 2. The van der Waals surface area contributed by atoms with Gasteiger partial charge in [-0.25, -0.2) is 4.39 Å². The van der Waals surface area contributed by atoms with Crippen molar-refractivity contribution in [2.24, 2.45) is 12.8 Å². The zero-order valence-electron chi connectivity index (χ0n) is 19.3. The Kier molecular flexibility index (Phi) is 5.78. The number of methoxy groups -OCH3 is 1. The van der Waals surface area contributed by atoms with Crippen LogP contribution in [-0.4, -0.2) is 40.7 Å². The fourth-order valence-electron chi connectivity index (χ4n) is 4.76. The van der Waals surface area contributed by atoms with Crippen LogP contribution in [-0.2, 0) is 13.6 Å². The minimum atomic E-state index is -0.542. The molecule has 6 nitrogen and oxygen atoms in total. The molecule has 1 saturated heterocycles. The fourth-order valence-corrected chi connectivity index (χ4v) is 4.76. The highest BCUT2D eigenvalue weighted by atomic mass is 19.1. The van der Waals surface area contributed by atoms with Crippen molar-refractivity contribution in [1.82, 2.24) is 14.5 Å². The third kappa shape index (κ3) is 3.92. The summed E-state index contributed by atoms with van der Waals surface area (Å²) < 4.78 is 22.1. The topological polar surface area (TPSA) is 80.1 Å². The highest BCUT2D eigenvalue weighted by Crippen LogP contribution is 2.39. The van der Waals surface area contributed by atoms with Gasteiger partial charge in [0.25, 0.3) is 0 Å². The molecule has 1 aliphatic heterocycles. The zero-order chi connectivity index (χ0) is 23.8. The van der Waals surface area contributed by atoms with E-state index in [4.69, 9.17) is 15.5 Å². The second-order valence-electron chi connectivity index (χ2n) is 8.79. The lowest BCUT2D eigenvalue weighted by molar-refractivity contribution is 0.319. The third-order valence-electron chi connectivity index (χ3n) is 6.64. The summed E-state index contributed by atoms with van der Waals surface area (Å²) in [5, 5.41) is 10.2. The number of nitrogens with two attached hydrogens (primary N) is 1. The molecule has 1 fully saturated rings. The maximum atomic E-state index is 14.7. The lowest BCUT2D eigenvalue weighted by atomic mass is 9.95. The summed E-state index contributed by atoms with van der Waals surface area (Å²) in [7, 11) is 3.66. The van der Waals surface area contributed by atoms with Crippen LogP contribution in [0.5, 0.6) is 5.75 Å². The fraction of sp³-hybridized carbons (Fsp3) is 0.259. The molecule has 1 atom stereocenters. The smallest absolute Gasteiger partial charge is 0.141 e. The Morgan fingerprint density at radius 2 is 1.94 bits per heavy atom. The number of rotatable bonds is 5. The number of nitrogens with zero attached hydrogens (tertiary/aromatic N) is 4. The van der Waals surface area contributed by atoms with Crippen molar-refractivity contribution >= 4 is 10.9 Å². The number of hydrogen-bond acceptors (Lipinski definition) is 5. The van der Waals surface area contributed by atoms with Gasteiger partial charge in [-0.15, -0.1) is 0 Å². The molecule has 7 heteroatoms. The first-order valence-corrected chi connectivity index (χ1v) is 11.3. The van der Waals surface area contributed by atoms with Gasteiger partial charge >= 0.3 is 0 Å². The molecular formula is C27H26FN5O. The number of pyridine rings is 1. The number of halogens is 1. The van der Waals surface area contributed by atoms with E-state index in [2.05, 4.69) is 15.5 Å². The van der Waals surface area contributed by atoms with Gasteiger partial charge in [-0.1, -0.05) is 6.07 Å². The van der Waals surface area contributed by atoms with Crippen molar-refractivity contribution in [3.8, 4) is 34.2 Å². The van der Waals surface area contributed by atoms with Crippen LogP contribution in [0.4, 0.5) is 4.39 Å². The second kappa shape index (κ2) is 8.90. The van der Waals surface area contributed by atoms with E-state index in [0.717, 1.165) is 65.2 Å². The van der Waals surface area contributed by atoms with Crippen LogP contribution in [0.1, 0.15) is 17.7 Å². The molecule has 1 aliphatic rings. The van der Waals surface area contributed by atoms with E-state index in [0.29, 0.717) is 5.56 Å². The summed E-state index contributed by atoms with van der Waals surface area (Å²) in [6, 6.07) is 16.7. The standard InChI is InChI=1S/C27H26FN5O/c1-32-21(16-33-10-9-20(30)15-33)12-23-25(32)14-31-27(17-5-7-22(34-2)8-6-17)26(23)18-3-4-19(13-29)24(28)11-18/h3-8,11-12,14,20H,9-10,15-16,30H2,1-2H3/t20-/m0/s1. The van der Waals surface area contributed by atoms with Crippen LogP contribution in [0.3, 0.4) is 0 Å². The van der Waals surface area contributed by atoms with Crippen molar-refractivity contribution in [1.29, 1.82) is 5.26 Å². The van der Waals surface area contributed by atoms with Crippen LogP contribution in [0.25, 0.3) is 33.3 Å². The summed E-state index contributed by atoms with van der Waals surface area (Å²) in [5.41, 5.74) is 11.4. The van der Waals surface area contributed by atoms with Crippen molar-refractivity contribution in [3.05, 3.63) is 71.8 Å². The number of aryl methyl sites for hydroxylation is 1. The Labute approximate surface area is 198 Å². The average molecular weight is 456 g/mol. The van der Waals surface area contributed by atoms with Crippen LogP contribution in [0, 0.1) is 17.1 Å². The van der Waals surface area contributed by atoms with Gasteiger partial charge in [0.05, 0.1) is 30.1 Å². The second-order valence-corrected chi connectivity index (χ2v) is 8.79. The molecule has 0 unspecified atom stereocenters. The highest BCUT2D eigenvalue weighted by Gasteiger charge is 2.22. The monoisotopic (exact) mass is 455 g/mol. The minimum absolute atomic E-state index is 0.0222. The van der Waals surface area contributed by atoms with Gasteiger partial charge in [0.1, 0.15) is 17.6 Å². The number of fused-ring (bicyclic) bond motifs is 1. The van der Waals surface area contributed by atoms with Crippen molar-refractivity contribution in [2.75, 3.05) is 20.2 Å². The van der Waals surface area contributed by atoms with E-state index in [1.54, 1.807) is 13.2 Å². The molecule has 2 aromatic heterocycles. The maximum absolute atomic E-state index is 14.7. The predicted octanol–water partition coefficient (Wildman–Crippen LogP) is 4.46. The lowest BCUT2D eigenvalue weighted by Gasteiger charge is -2.15. The van der Waals surface area contributed by atoms with Crippen LogP contribution < -0.4 is 10.5 Å². The molecule has 4 aromatic rings. The molecule has 2 aromatic carbocycles. The Balaban J connectivity index is 1.70. The normalized spacial score (nSPS) is 16.1. The number of hydrogen-bond donors (Lipinski definition) is 1. The van der Waals surface area contributed by atoms with Crippen LogP contribution in [0.2, 0.25) is 0 Å². The molecule has 34 heavy (non-hydrogen) atoms. The van der Waals surface area contributed by atoms with Gasteiger partial charge in [-0.3, -0.25) is 9.88 Å². The first-order valence-electron chi connectivity index (χ1n) is 11.3. The Bertz CT molecular complexity index is 1400. The van der Waals surface area contributed by atoms with E-state index in [1.165, 1.54) is 12.1 Å². The van der Waals surface area contributed by atoms with Gasteiger partial charge in [-0.2, -0.15) is 5.26 Å². The van der Waals surface area contributed by atoms with Gasteiger partial charge in [0, 0.05) is 54.9 Å². The Morgan fingerprint density at radius 1 is 1.18 bits per heavy atom. The molecule has 0 amide bonds. The van der Waals surface area contributed by atoms with Gasteiger partial charge < -0.3 is 15.0 Å². The summed E-state index contributed by atoms with van der Waals surface area (Å²) in [6.07, 6.45) is 2.88. The number of likely N-dealkylation sites (tertiary alicyclic amines) is 1. The SMILES string of the molecule is COc1ccc(-c2ncc3c(cc(CN4CC[C@H](N)C4)n3C)c2-c2ccc(C#N)c(F)c2)cc1. The van der Waals surface area contributed by atoms with E-state index in [-0.39, 0.29) is 11.6 Å². The van der Waals surface area contributed by atoms with E-state index in [9.17, 15) is 9.65 Å². The summed E-state index contributed by atoms with van der Waals surface area (Å²) in [4.78, 5) is 7.18. The van der Waals surface area contributed by atoms with E-state index >= 15 is 0 Å². The molecule has 2 N–H and O–H groups in total. The highest BCUT2D eigenvalue weighted by molar-refractivity contribution is 6.02. The first kappa shape index (κ1) is 22.1.